The van der Waals surface area contributed by atoms with Gasteiger partial charge in [-0.05, 0) is 35.1 Å². The van der Waals surface area contributed by atoms with Crippen molar-refractivity contribution in [3.05, 3.63) is 77.7 Å². The average Bonchev–Trinajstić information content (AvgIpc) is 3.52. The summed E-state index contributed by atoms with van der Waals surface area (Å²) in [5, 5.41) is 12.2. The number of hydrogen-bond donors (Lipinski definition) is 2. The van der Waals surface area contributed by atoms with E-state index >= 15 is 0 Å². The topological polar surface area (TPSA) is 109 Å². The van der Waals surface area contributed by atoms with Gasteiger partial charge in [0.05, 0.1) is 17.4 Å². The van der Waals surface area contributed by atoms with Crippen LogP contribution in [0, 0.1) is 11.3 Å². The maximum atomic E-state index is 13.1. The number of nitrogens with one attached hydrogen (secondary N) is 1. The van der Waals surface area contributed by atoms with E-state index in [0.29, 0.717) is 0 Å². The Hall–Kier alpha value is -4.07. The van der Waals surface area contributed by atoms with Crippen LogP contribution in [0.5, 0.6) is 0 Å². The van der Waals surface area contributed by atoms with Crippen molar-refractivity contribution in [2.75, 3.05) is 25.0 Å². The number of benzene rings is 2. The van der Waals surface area contributed by atoms with Crippen molar-refractivity contribution in [3.63, 3.8) is 0 Å². The number of furan rings is 1. The molecule has 0 spiro atoms. The molecule has 2 aromatic carbocycles. The fourth-order valence-electron chi connectivity index (χ4n) is 5.04. The van der Waals surface area contributed by atoms with Gasteiger partial charge in [0.1, 0.15) is 6.61 Å². The Morgan fingerprint density at radius 1 is 1.09 bits per heavy atom. The monoisotopic (exact) mass is 474 g/mol. The zero-order valence-electron chi connectivity index (χ0n) is 19.5. The number of ether oxygens (including phenoxy) is 1. The lowest BCUT2D eigenvalue weighted by Gasteiger charge is -2.22. The number of carbonyl (C=O) groups excluding carboxylic acids is 2. The molecule has 1 saturated heterocycles. The van der Waals surface area contributed by atoms with Crippen molar-refractivity contribution in [1.82, 2.24) is 4.90 Å². The van der Waals surface area contributed by atoms with Crippen LogP contribution in [0.25, 0.3) is 11.1 Å². The summed E-state index contributed by atoms with van der Waals surface area (Å²) in [5.74, 6) is -1.78. The first-order valence-electron chi connectivity index (χ1n) is 11.5. The van der Waals surface area contributed by atoms with Gasteiger partial charge in [-0.2, -0.15) is 0 Å². The summed E-state index contributed by atoms with van der Waals surface area (Å²) in [6.45, 7) is 3.92. The zero-order valence-corrected chi connectivity index (χ0v) is 19.5. The van der Waals surface area contributed by atoms with Crippen LogP contribution < -0.4 is 5.32 Å². The van der Waals surface area contributed by atoms with E-state index in [1.807, 2.05) is 36.4 Å². The zero-order chi connectivity index (χ0) is 24.7. The normalized spacial score (nSPS) is 20.9. The summed E-state index contributed by atoms with van der Waals surface area (Å²) in [6.07, 6.45) is 0.606. The number of nitrogens with zero attached hydrogens (tertiary/aromatic N) is 1. The van der Waals surface area contributed by atoms with Crippen molar-refractivity contribution in [3.8, 4) is 11.1 Å². The molecule has 2 N–H and O–H groups in total. The standard InChI is InChI=1S/C27H26N2O6/c1-16-13-29(15-27(16,2)25(31)32)24(30)23-22(11-12-34-23)28-26(33)35-14-21-19-9-5-3-7-17(19)18-8-4-6-10-20(18)21/h3-12,16,21H,13-15H2,1-2H3,(H,28,33)(H,31,32)/t16-,27-/m1/s1. The SMILES string of the molecule is C[C@@H]1CN(C(=O)c2occc2NC(=O)OCC2c3ccccc3-c3ccccc32)C[C@@]1(C)C(=O)O. The molecule has 1 aliphatic carbocycles. The minimum Gasteiger partial charge on any atom is -0.481 e. The van der Waals surface area contributed by atoms with Crippen LogP contribution in [-0.2, 0) is 9.53 Å². The molecule has 8 nitrogen and oxygen atoms in total. The number of anilines is 1. The highest BCUT2D eigenvalue weighted by atomic mass is 16.5. The van der Waals surface area contributed by atoms with Crippen molar-refractivity contribution >= 4 is 23.7 Å². The molecular formula is C27H26N2O6. The molecule has 0 bridgehead atoms. The molecule has 8 heteroatoms. The Bertz CT molecular complexity index is 1270. The maximum Gasteiger partial charge on any atom is 0.411 e. The van der Waals surface area contributed by atoms with Gasteiger partial charge in [0.2, 0.25) is 5.76 Å². The molecule has 2 amide bonds. The summed E-state index contributed by atoms with van der Waals surface area (Å²) in [7, 11) is 0. The number of carboxylic acid groups (broad SMARTS) is 1. The van der Waals surface area contributed by atoms with E-state index in [4.69, 9.17) is 9.15 Å². The Kier molecular flexibility index (Phi) is 5.59. The van der Waals surface area contributed by atoms with Gasteiger partial charge < -0.3 is 19.2 Å². The van der Waals surface area contributed by atoms with Gasteiger partial charge >= 0.3 is 12.1 Å². The van der Waals surface area contributed by atoms with Gasteiger partial charge in [0.25, 0.3) is 5.91 Å². The van der Waals surface area contributed by atoms with Crippen molar-refractivity contribution in [1.29, 1.82) is 0 Å². The van der Waals surface area contributed by atoms with E-state index in [0.717, 1.165) is 22.3 Å². The third-order valence-electron chi connectivity index (χ3n) is 7.32. The lowest BCUT2D eigenvalue weighted by molar-refractivity contribution is -0.148. The molecule has 180 valence electrons. The molecule has 3 aromatic rings. The van der Waals surface area contributed by atoms with Crippen LogP contribution in [0.1, 0.15) is 41.4 Å². The summed E-state index contributed by atoms with van der Waals surface area (Å²) in [6, 6.07) is 17.6. The quantitative estimate of drug-likeness (QED) is 0.549. The Morgan fingerprint density at radius 2 is 1.71 bits per heavy atom. The second kappa shape index (κ2) is 8.61. The number of aliphatic carboxylic acids is 1. The first-order valence-corrected chi connectivity index (χ1v) is 11.5. The number of hydrogen-bond acceptors (Lipinski definition) is 5. The summed E-state index contributed by atoms with van der Waals surface area (Å²) >= 11 is 0. The number of rotatable bonds is 5. The summed E-state index contributed by atoms with van der Waals surface area (Å²) in [4.78, 5) is 38.9. The van der Waals surface area contributed by atoms with Crippen molar-refractivity contribution in [2.45, 2.75) is 19.8 Å². The molecule has 1 aliphatic heterocycles. The van der Waals surface area contributed by atoms with E-state index < -0.39 is 23.4 Å². The molecule has 35 heavy (non-hydrogen) atoms. The fraction of sp³-hybridized carbons (Fsp3) is 0.296. The molecular weight excluding hydrogens is 448 g/mol. The molecule has 2 heterocycles. The third-order valence-corrected chi connectivity index (χ3v) is 7.32. The van der Waals surface area contributed by atoms with Gasteiger partial charge in [-0.1, -0.05) is 55.5 Å². The van der Waals surface area contributed by atoms with Crippen LogP contribution >= 0.6 is 0 Å². The average molecular weight is 475 g/mol. The lowest BCUT2D eigenvalue weighted by Crippen LogP contribution is -2.36. The molecule has 2 aliphatic rings. The highest BCUT2D eigenvalue weighted by Crippen LogP contribution is 2.44. The van der Waals surface area contributed by atoms with E-state index in [1.54, 1.807) is 13.8 Å². The predicted octanol–water partition coefficient (Wildman–Crippen LogP) is 4.82. The molecule has 0 unspecified atom stereocenters. The molecule has 1 fully saturated rings. The first kappa shape index (κ1) is 22.7. The minimum absolute atomic E-state index is 0.0552. The first-order chi connectivity index (χ1) is 16.8. The summed E-state index contributed by atoms with van der Waals surface area (Å²) in [5.41, 5.74) is 3.61. The lowest BCUT2D eigenvalue weighted by atomic mass is 9.81. The van der Waals surface area contributed by atoms with E-state index in [-0.39, 0.29) is 43.0 Å². The molecule has 1 aromatic heterocycles. The van der Waals surface area contributed by atoms with Crippen molar-refractivity contribution < 1.29 is 28.6 Å². The van der Waals surface area contributed by atoms with Crippen LogP contribution in [0.2, 0.25) is 0 Å². The molecule has 0 saturated carbocycles. The van der Waals surface area contributed by atoms with Crippen LogP contribution in [-0.4, -0.2) is 47.7 Å². The minimum atomic E-state index is -1.04. The highest BCUT2D eigenvalue weighted by molar-refractivity contribution is 6.00. The Balaban J connectivity index is 1.26. The number of amides is 2. The van der Waals surface area contributed by atoms with E-state index in [2.05, 4.69) is 17.4 Å². The molecule has 2 atom stereocenters. The smallest absolute Gasteiger partial charge is 0.411 e. The van der Waals surface area contributed by atoms with E-state index in [1.165, 1.54) is 17.2 Å². The second-order valence-electron chi connectivity index (χ2n) is 9.42. The predicted molar refractivity (Wildman–Crippen MR) is 128 cm³/mol. The number of carbonyl (C=O) groups is 3. The summed E-state index contributed by atoms with van der Waals surface area (Å²) < 4.78 is 10.9. The van der Waals surface area contributed by atoms with Gasteiger partial charge in [0, 0.05) is 25.1 Å². The second-order valence-corrected chi connectivity index (χ2v) is 9.42. The fourth-order valence-corrected chi connectivity index (χ4v) is 5.04. The number of fused-ring (bicyclic) bond motifs is 3. The van der Waals surface area contributed by atoms with Crippen LogP contribution in [0.15, 0.2) is 65.3 Å². The number of carboxylic acids is 1. The largest absolute Gasteiger partial charge is 0.481 e. The number of likely N-dealkylation sites (tertiary alicyclic amines) is 1. The third kappa shape index (κ3) is 3.84. The Labute approximate surface area is 202 Å². The van der Waals surface area contributed by atoms with Gasteiger partial charge in [-0.15, -0.1) is 0 Å². The van der Waals surface area contributed by atoms with Crippen LogP contribution in [0.3, 0.4) is 0 Å². The van der Waals surface area contributed by atoms with E-state index in [9.17, 15) is 19.5 Å². The molecule has 5 rings (SSSR count). The van der Waals surface area contributed by atoms with Gasteiger partial charge in [-0.3, -0.25) is 14.9 Å². The van der Waals surface area contributed by atoms with Gasteiger partial charge in [-0.25, -0.2) is 4.79 Å². The van der Waals surface area contributed by atoms with Crippen molar-refractivity contribution in [2.24, 2.45) is 11.3 Å². The van der Waals surface area contributed by atoms with Gasteiger partial charge in [0.15, 0.2) is 0 Å². The highest BCUT2D eigenvalue weighted by Gasteiger charge is 2.48. The van der Waals surface area contributed by atoms with Crippen LogP contribution in [0.4, 0.5) is 10.5 Å². The Morgan fingerprint density at radius 3 is 2.31 bits per heavy atom. The molecule has 0 radical (unpaired) electrons. The maximum absolute atomic E-state index is 13.1.